The molecule has 4 rings (SSSR count). The van der Waals surface area contributed by atoms with Crippen molar-refractivity contribution in [3.05, 3.63) is 46.4 Å². The molecule has 2 aliphatic heterocycles. The number of rotatable bonds is 4. The van der Waals surface area contributed by atoms with E-state index < -0.39 is 6.03 Å². The highest BCUT2D eigenvalue weighted by atomic mass is 32.2. The Hall–Kier alpha value is -2.19. The molecular formula is C19H24N4O3S. The van der Waals surface area contributed by atoms with Crippen molar-refractivity contribution in [3.8, 4) is 0 Å². The molecule has 1 fully saturated rings. The first-order chi connectivity index (χ1) is 13.1. The lowest BCUT2D eigenvalue weighted by Crippen LogP contribution is -2.47. The molecule has 27 heavy (non-hydrogen) atoms. The van der Waals surface area contributed by atoms with Crippen LogP contribution in [0.3, 0.4) is 0 Å². The summed E-state index contributed by atoms with van der Waals surface area (Å²) in [5, 5.41) is 8.07. The van der Waals surface area contributed by atoms with Gasteiger partial charge in [0.2, 0.25) is 0 Å². The fourth-order valence-corrected chi connectivity index (χ4v) is 4.34. The summed E-state index contributed by atoms with van der Waals surface area (Å²) in [6.07, 6.45) is 3.74. The minimum absolute atomic E-state index is 0.282. The third-order valence-electron chi connectivity index (χ3n) is 5.18. The summed E-state index contributed by atoms with van der Waals surface area (Å²) in [5.74, 6) is 0.392. The average molecular weight is 388 g/mol. The van der Waals surface area contributed by atoms with Crippen molar-refractivity contribution in [2.24, 2.45) is 5.92 Å². The third kappa shape index (κ3) is 3.64. The van der Waals surface area contributed by atoms with E-state index in [4.69, 9.17) is 4.74 Å². The lowest BCUT2D eigenvalue weighted by molar-refractivity contribution is 0.0613. The zero-order valence-corrected chi connectivity index (χ0v) is 16.1. The maximum atomic E-state index is 13.1. The van der Waals surface area contributed by atoms with Crippen LogP contribution >= 0.6 is 11.8 Å². The van der Waals surface area contributed by atoms with E-state index in [2.05, 4.69) is 10.6 Å². The molecule has 2 aliphatic rings. The van der Waals surface area contributed by atoms with Gasteiger partial charge in [0.05, 0.1) is 17.6 Å². The standard InChI is InChI=1S/C19H24N4O3S/c1-19(21-8-11-27-19)13-20-17(24)23-16-5-3-2-4-15(16)22(18(23)25)12-14-6-9-26-10-7-14/h2-5,8,11,14,21H,6-7,9-10,12-13H2,1H3,(H,20,24). The van der Waals surface area contributed by atoms with Crippen LogP contribution in [0.2, 0.25) is 0 Å². The maximum absolute atomic E-state index is 13.1. The molecule has 3 heterocycles. The number of thioether (sulfide) groups is 1. The van der Waals surface area contributed by atoms with Gasteiger partial charge in [-0.05, 0) is 43.2 Å². The number of aromatic nitrogens is 2. The Bertz CT molecular complexity index is 919. The van der Waals surface area contributed by atoms with Crippen LogP contribution < -0.4 is 16.3 Å². The molecule has 8 heteroatoms. The number of ether oxygens (including phenoxy) is 1. The molecule has 1 saturated heterocycles. The molecule has 0 aliphatic carbocycles. The fourth-order valence-electron chi connectivity index (χ4n) is 3.61. The third-order valence-corrected chi connectivity index (χ3v) is 6.24. The normalized spacial score (nSPS) is 22.9. The molecule has 0 bridgehead atoms. The van der Waals surface area contributed by atoms with Crippen molar-refractivity contribution < 1.29 is 9.53 Å². The largest absolute Gasteiger partial charge is 0.381 e. The molecule has 2 N–H and O–H groups in total. The molecule has 0 radical (unpaired) electrons. The van der Waals surface area contributed by atoms with E-state index in [0.29, 0.717) is 24.5 Å². The lowest BCUT2D eigenvalue weighted by Gasteiger charge is -2.24. The van der Waals surface area contributed by atoms with Gasteiger partial charge < -0.3 is 15.4 Å². The monoisotopic (exact) mass is 388 g/mol. The summed E-state index contributed by atoms with van der Waals surface area (Å²) in [6.45, 7) is 4.50. The number of amides is 1. The minimum Gasteiger partial charge on any atom is -0.381 e. The summed E-state index contributed by atoms with van der Waals surface area (Å²) in [6, 6.07) is 7.08. The summed E-state index contributed by atoms with van der Waals surface area (Å²) in [7, 11) is 0. The molecule has 2 aromatic rings. The Balaban J connectivity index is 1.61. The molecule has 1 atom stereocenters. The summed E-state index contributed by atoms with van der Waals surface area (Å²) < 4.78 is 8.41. The molecular weight excluding hydrogens is 364 g/mol. The van der Waals surface area contributed by atoms with Crippen LogP contribution in [0.5, 0.6) is 0 Å². The minimum atomic E-state index is -0.391. The van der Waals surface area contributed by atoms with E-state index >= 15 is 0 Å². The van der Waals surface area contributed by atoms with Crippen molar-refractivity contribution in [1.29, 1.82) is 0 Å². The number of fused-ring (bicyclic) bond motifs is 1. The number of hydrogen-bond acceptors (Lipinski definition) is 5. The fraction of sp³-hybridized carbons (Fsp3) is 0.474. The predicted molar refractivity (Wildman–Crippen MR) is 107 cm³/mol. The van der Waals surface area contributed by atoms with Crippen LogP contribution in [-0.4, -0.2) is 39.8 Å². The number of nitrogens with zero attached hydrogens (tertiary/aromatic N) is 2. The smallest absolute Gasteiger partial charge is 0.337 e. The summed E-state index contributed by atoms with van der Waals surface area (Å²) in [4.78, 5) is 25.6. The van der Waals surface area contributed by atoms with Gasteiger partial charge in [0, 0.05) is 26.0 Å². The molecule has 1 aromatic heterocycles. The van der Waals surface area contributed by atoms with Gasteiger partial charge in [-0.1, -0.05) is 12.1 Å². The van der Waals surface area contributed by atoms with E-state index in [-0.39, 0.29) is 10.6 Å². The Morgan fingerprint density at radius 2 is 2.07 bits per heavy atom. The number of carbonyl (C=O) groups is 1. The number of imidazole rings is 1. The van der Waals surface area contributed by atoms with Gasteiger partial charge in [-0.2, -0.15) is 0 Å². The zero-order chi connectivity index (χ0) is 18.9. The quantitative estimate of drug-likeness (QED) is 0.841. The Morgan fingerprint density at radius 1 is 1.33 bits per heavy atom. The van der Waals surface area contributed by atoms with Crippen molar-refractivity contribution in [2.45, 2.75) is 31.2 Å². The second-order valence-electron chi connectivity index (χ2n) is 7.23. The van der Waals surface area contributed by atoms with Gasteiger partial charge in [0.15, 0.2) is 0 Å². The van der Waals surface area contributed by atoms with E-state index in [0.717, 1.165) is 31.6 Å². The Kier molecular flexibility index (Phi) is 5.01. The first-order valence-electron chi connectivity index (χ1n) is 9.24. The van der Waals surface area contributed by atoms with Crippen molar-refractivity contribution in [2.75, 3.05) is 19.8 Å². The first-order valence-corrected chi connectivity index (χ1v) is 10.1. The van der Waals surface area contributed by atoms with Crippen LogP contribution in [0.15, 0.2) is 40.7 Å². The predicted octanol–water partition coefficient (Wildman–Crippen LogP) is 2.31. The number of hydrogen-bond donors (Lipinski definition) is 2. The number of para-hydroxylation sites is 2. The number of nitrogens with one attached hydrogen (secondary N) is 2. The van der Waals surface area contributed by atoms with E-state index in [1.807, 2.05) is 42.8 Å². The SMILES string of the molecule is CC1(CNC(=O)n2c(=O)n(CC3CCOCC3)c3ccccc32)NC=CS1. The first kappa shape index (κ1) is 18.2. The van der Waals surface area contributed by atoms with Crippen LogP contribution in [0, 0.1) is 5.92 Å². The van der Waals surface area contributed by atoms with Crippen molar-refractivity contribution in [3.63, 3.8) is 0 Å². The van der Waals surface area contributed by atoms with Gasteiger partial charge in [0.25, 0.3) is 0 Å². The molecule has 0 spiro atoms. The summed E-state index contributed by atoms with van der Waals surface area (Å²) in [5.41, 5.74) is 1.16. The second-order valence-corrected chi connectivity index (χ2v) is 8.64. The van der Waals surface area contributed by atoms with E-state index in [9.17, 15) is 9.59 Å². The van der Waals surface area contributed by atoms with E-state index in [1.165, 1.54) is 4.57 Å². The van der Waals surface area contributed by atoms with Gasteiger partial charge in [0.1, 0.15) is 4.87 Å². The molecule has 1 amide bonds. The molecule has 0 saturated carbocycles. The highest BCUT2D eigenvalue weighted by Gasteiger charge is 2.28. The lowest BCUT2D eigenvalue weighted by atomic mass is 10.0. The topological polar surface area (TPSA) is 77.3 Å². The Labute approximate surface area is 161 Å². The maximum Gasteiger partial charge on any atom is 0.337 e. The van der Waals surface area contributed by atoms with Crippen molar-refractivity contribution >= 4 is 28.8 Å². The van der Waals surface area contributed by atoms with Gasteiger partial charge in [-0.25, -0.2) is 14.2 Å². The van der Waals surface area contributed by atoms with Crippen LogP contribution in [-0.2, 0) is 11.3 Å². The van der Waals surface area contributed by atoms with Gasteiger partial charge >= 0.3 is 11.7 Å². The highest BCUT2D eigenvalue weighted by Crippen LogP contribution is 2.27. The summed E-state index contributed by atoms with van der Waals surface area (Å²) >= 11 is 1.61. The second kappa shape index (κ2) is 7.44. The Morgan fingerprint density at radius 3 is 2.78 bits per heavy atom. The van der Waals surface area contributed by atoms with Gasteiger partial charge in [-0.3, -0.25) is 4.57 Å². The van der Waals surface area contributed by atoms with Crippen molar-refractivity contribution in [1.82, 2.24) is 19.8 Å². The molecule has 1 aromatic carbocycles. The number of benzene rings is 1. The highest BCUT2D eigenvalue weighted by molar-refractivity contribution is 8.03. The van der Waals surface area contributed by atoms with Crippen LogP contribution in [0.4, 0.5) is 4.79 Å². The average Bonchev–Trinajstić information content (AvgIpc) is 3.23. The van der Waals surface area contributed by atoms with Crippen LogP contribution in [0.25, 0.3) is 11.0 Å². The van der Waals surface area contributed by atoms with Crippen LogP contribution in [0.1, 0.15) is 19.8 Å². The van der Waals surface area contributed by atoms with Gasteiger partial charge in [-0.15, -0.1) is 11.8 Å². The molecule has 1 unspecified atom stereocenters. The zero-order valence-electron chi connectivity index (χ0n) is 15.3. The molecule has 7 nitrogen and oxygen atoms in total. The number of carbonyl (C=O) groups excluding carboxylic acids is 1. The molecule has 144 valence electrons. The van der Waals surface area contributed by atoms with E-state index in [1.54, 1.807) is 16.3 Å².